The molecule has 37 heteroatoms. The minimum atomic E-state index is -1.06. The van der Waals surface area contributed by atoms with E-state index in [1.54, 1.807) is 43.3 Å². The molecule has 12 amide bonds. The summed E-state index contributed by atoms with van der Waals surface area (Å²) in [6.45, 7) is 16.0. The van der Waals surface area contributed by atoms with Crippen LogP contribution in [0.25, 0.3) is 0 Å². The Kier molecular flexibility index (Phi) is 52.6. The van der Waals surface area contributed by atoms with Gasteiger partial charge in [0.25, 0.3) is 0 Å². The van der Waals surface area contributed by atoms with Gasteiger partial charge in [0.05, 0.1) is 0 Å². The van der Waals surface area contributed by atoms with Crippen molar-refractivity contribution in [2.24, 2.45) is 66.6 Å². The second kappa shape index (κ2) is 60.4. The molecule has 6 aromatic rings. The molecule has 0 saturated heterocycles. The third kappa shape index (κ3) is 44.6. The second-order valence-electron chi connectivity index (χ2n) is 28.6. The summed E-state index contributed by atoms with van der Waals surface area (Å²) in [7, 11) is 4.40. The number of Topliss-reactive ketones (excluding diaryl/α,β-unsaturated/α-hetero) is 1. The van der Waals surface area contributed by atoms with Crippen LogP contribution >= 0.6 is 0 Å². The van der Waals surface area contributed by atoms with E-state index < -0.39 is 119 Å². The van der Waals surface area contributed by atoms with Gasteiger partial charge in [-0.25, -0.2) is 0 Å². The summed E-state index contributed by atoms with van der Waals surface area (Å²) in [5, 5.41) is 44.7. The Labute approximate surface area is 737 Å². The average Bonchev–Trinajstić information content (AvgIpc) is 0.835. The maximum absolute atomic E-state index is 13.6. The number of hydrogen-bond acceptors (Lipinski definition) is 19. The Morgan fingerprint density at radius 1 is 0.317 bits per heavy atom. The predicted molar refractivity (Wildman–Crippen MR) is 485 cm³/mol. The van der Waals surface area contributed by atoms with Gasteiger partial charge in [-0.2, -0.15) is 0 Å². The lowest BCUT2D eigenvalue weighted by molar-refractivity contribution is -0.142. The van der Waals surface area contributed by atoms with Gasteiger partial charge in [0.1, 0.15) is 77.4 Å². The van der Waals surface area contributed by atoms with E-state index in [0.29, 0.717) is 42.4 Å². The monoisotopic (exact) mass is 1750 g/mol. The first-order valence-electron chi connectivity index (χ1n) is 41.2. The highest BCUT2D eigenvalue weighted by Crippen LogP contribution is 2.20. The van der Waals surface area contributed by atoms with Gasteiger partial charge in [-0.05, 0) is 115 Å². The number of carbonyl (C=O) groups excluding carboxylic acids is 13. The topological polar surface area (TPSA) is 636 Å². The maximum atomic E-state index is 13.6. The number of nitrogens with zero attached hydrogens (tertiary/aromatic N) is 6. The lowest BCUT2D eigenvalue weighted by Gasteiger charge is -2.32. The summed E-state index contributed by atoms with van der Waals surface area (Å²) in [4.78, 5) is 179. The van der Waals surface area contributed by atoms with E-state index in [-0.39, 0.29) is 124 Å². The van der Waals surface area contributed by atoms with E-state index in [9.17, 15) is 77.6 Å². The SMILES string of the molecule is CC.CC.CC(=O)N(C)C(Cc1ccc(O)cc1)C(=O)NC(CCCN=C(N)N)C(=O)NC(Cc1ccccc1)C(N)=O.CC(=O)NC(Cc1ccc(O)cc1)C(=O)N(C)C(CCCN=C(N)N)C(=O)NC(Cc1ccccc1)C(N)=O.CC(=O)NC(Cc1ccc(O)cc1)C(=O)NC(CCCN=C(N)N)C(=O)N(C)C(Cc1ccccc1)C(N)=O.CCC(C)=O. The van der Waals surface area contributed by atoms with Crippen LogP contribution in [0.4, 0.5) is 0 Å². The van der Waals surface area contributed by atoms with Crippen LogP contribution in [0.15, 0.2) is 179 Å². The zero-order valence-corrected chi connectivity index (χ0v) is 74.1. The number of carbonyl (C=O) groups is 13. The molecule has 0 heterocycles. The number of likely N-dealkylation sites (N-methyl/N-ethyl adjacent to an activating group) is 3. The fourth-order valence-electron chi connectivity index (χ4n) is 11.9. The molecule has 0 aliphatic rings. The van der Waals surface area contributed by atoms with Crippen LogP contribution in [0.1, 0.15) is 141 Å². The molecule has 9 unspecified atom stereocenters. The summed E-state index contributed by atoms with van der Waals surface area (Å²) < 4.78 is 0. The number of hydrogen-bond donors (Lipinski definition) is 18. The van der Waals surface area contributed by atoms with Crippen LogP contribution in [-0.2, 0) is 101 Å². The van der Waals surface area contributed by atoms with Crippen molar-refractivity contribution in [3.63, 3.8) is 0 Å². The minimum Gasteiger partial charge on any atom is -0.508 e. The lowest BCUT2D eigenvalue weighted by Crippen LogP contribution is -2.57. The zero-order valence-electron chi connectivity index (χ0n) is 74.1. The molecular weight excluding hydrogens is 1620 g/mol. The number of ketones is 1. The molecule has 0 aliphatic carbocycles. The number of amides is 12. The van der Waals surface area contributed by atoms with E-state index in [4.69, 9.17) is 51.6 Å². The molecule has 0 aliphatic heterocycles. The van der Waals surface area contributed by atoms with Gasteiger partial charge < -0.3 is 118 Å². The van der Waals surface area contributed by atoms with E-state index in [1.165, 1.54) is 93.0 Å². The number of phenolic OH excluding ortho intramolecular Hbond substituents is 3. The Balaban J connectivity index is 0.000000900. The van der Waals surface area contributed by atoms with Crippen LogP contribution in [0, 0.1) is 0 Å². The van der Waals surface area contributed by atoms with Crippen LogP contribution in [0.2, 0.25) is 0 Å². The minimum absolute atomic E-state index is 0.0632. The Morgan fingerprint density at radius 2 is 0.595 bits per heavy atom. The van der Waals surface area contributed by atoms with Crippen molar-refractivity contribution in [2.45, 2.75) is 200 Å². The summed E-state index contributed by atoms with van der Waals surface area (Å²) in [5.74, 6) is -6.59. The molecule has 9 atom stereocenters. The van der Waals surface area contributed by atoms with E-state index in [1.807, 2.05) is 126 Å². The molecule has 126 heavy (non-hydrogen) atoms. The van der Waals surface area contributed by atoms with Crippen LogP contribution in [0.5, 0.6) is 17.2 Å². The lowest BCUT2D eigenvalue weighted by atomic mass is 10.0. The van der Waals surface area contributed by atoms with Gasteiger partial charge >= 0.3 is 0 Å². The third-order valence-corrected chi connectivity index (χ3v) is 18.7. The number of aliphatic imine (C=N–C) groups is 3. The molecule has 6 aromatic carbocycles. The van der Waals surface area contributed by atoms with E-state index >= 15 is 0 Å². The van der Waals surface area contributed by atoms with Crippen molar-refractivity contribution in [1.82, 2.24) is 46.6 Å². The van der Waals surface area contributed by atoms with Crippen LogP contribution in [-0.4, -0.2) is 220 Å². The van der Waals surface area contributed by atoms with Crippen molar-refractivity contribution >= 4 is 94.5 Å². The number of nitrogens with one attached hydrogen (secondary N) is 6. The predicted octanol–water partition coefficient (Wildman–Crippen LogP) is 1.64. The molecule has 0 fully saturated rings. The van der Waals surface area contributed by atoms with E-state index in [2.05, 4.69) is 46.9 Å². The first kappa shape index (κ1) is 110. The summed E-state index contributed by atoms with van der Waals surface area (Å²) in [6.07, 6.45) is 3.15. The van der Waals surface area contributed by atoms with E-state index in [0.717, 1.165) is 16.7 Å². The molecule has 0 radical (unpaired) electrons. The van der Waals surface area contributed by atoms with Crippen LogP contribution < -0.4 is 83.5 Å². The first-order chi connectivity index (χ1) is 59.7. The van der Waals surface area contributed by atoms with Crippen molar-refractivity contribution in [2.75, 3.05) is 40.8 Å². The molecule has 0 bridgehead atoms. The van der Waals surface area contributed by atoms with Gasteiger partial charge in [0, 0.05) is 106 Å². The van der Waals surface area contributed by atoms with Gasteiger partial charge in [-0.3, -0.25) is 72.5 Å². The normalized spacial score (nSPS) is 12.3. The Bertz CT molecular complexity index is 4460. The average molecular weight is 1750 g/mol. The zero-order chi connectivity index (χ0) is 95.1. The standard InChI is InChI=1S/3C27H37N7O5.C4H8O.2C2H6/c1-17(35)32-22(15-19-10-12-20(36)13-11-19)25(38)33-21(9-6-14-31-27(29)30)26(39)34(2)23(24(28)37)16-18-7-4-3-5-8-18;1-17(35)32-22(16-19-10-12-20(36)13-11-19)26(39)34(2)23(9-6-14-31-27(29)30)25(38)33-21(24(28)37)15-18-7-4-3-5-8-18;1-17(35)34(2)23(16-19-10-12-20(36)13-11-19)26(39)32-21(9-6-14-31-27(29)30)25(38)33-22(24(28)37)15-18-7-4-3-5-8-18;1-3-4(2)5;2*1-2/h2*3-5,7-8,10-13,21-23,36H,6,9,14-16H2,1-2H3,(H2,28,37)(H,32,35)(H,33,38)(H4,29,30,31);3-5,7-8,10-13,21-23,36H,6,9,14-16H2,1-2H3,(H2,28,37)(H,32,39)(H,33,38)(H4,29,30,31);3H2,1-2H3;2*1-2H3. The fourth-order valence-corrected chi connectivity index (χ4v) is 11.9. The van der Waals surface area contributed by atoms with Gasteiger partial charge in [-0.1, -0.05) is 162 Å². The molecule has 0 spiro atoms. The quantitative estimate of drug-likeness (QED) is 0.0147. The molecule has 0 saturated carbocycles. The molecule has 0 aromatic heterocycles. The third-order valence-electron chi connectivity index (χ3n) is 18.7. The number of guanidine groups is 3. The molecular formula is C89H131N21O16. The van der Waals surface area contributed by atoms with Gasteiger partial charge in [0.2, 0.25) is 70.9 Å². The number of aromatic hydroxyl groups is 3. The highest BCUT2D eigenvalue weighted by atomic mass is 16.3. The van der Waals surface area contributed by atoms with Crippen molar-refractivity contribution in [3.8, 4) is 17.2 Å². The number of rotatable bonds is 43. The van der Waals surface area contributed by atoms with Crippen molar-refractivity contribution < 1.29 is 77.6 Å². The number of primary amides is 3. The Morgan fingerprint density at radius 3 is 0.952 bits per heavy atom. The summed E-state index contributed by atoms with van der Waals surface area (Å²) in [5.41, 5.74) is 53.6. The first-order valence-corrected chi connectivity index (χ1v) is 41.2. The maximum Gasteiger partial charge on any atom is 0.245 e. The molecule has 37 nitrogen and oxygen atoms in total. The number of nitrogens with two attached hydrogens (primary N) is 9. The fraction of sp³-hybridized carbons (Fsp3) is 0.416. The highest BCUT2D eigenvalue weighted by Gasteiger charge is 2.37. The van der Waals surface area contributed by atoms with Gasteiger partial charge in [0.15, 0.2) is 17.9 Å². The van der Waals surface area contributed by atoms with Crippen molar-refractivity contribution in [3.05, 3.63) is 197 Å². The second-order valence-corrected chi connectivity index (χ2v) is 28.6. The molecule has 27 N–H and O–H groups in total. The Hall–Kier alpha value is -14.2. The summed E-state index contributed by atoms with van der Waals surface area (Å²) in [6, 6.07) is 36.9. The highest BCUT2D eigenvalue weighted by molar-refractivity contribution is 5.97. The smallest absolute Gasteiger partial charge is 0.245 e. The van der Waals surface area contributed by atoms with Gasteiger partial charge in [-0.15, -0.1) is 0 Å². The molecule has 6 rings (SSSR count). The largest absolute Gasteiger partial charge is 0.508 e. The van der Waals surface area contributed by atoms with Crippen LogP contribution in [0.3, 0.4) is 0 Å². The molecule has 688 valence electrons. The number of phenols is 3. The number of benzene rings is 6. The van der Waals surface area contributed by atoms with Crippen molar-refractivity contribution in [1.29, 1.82) is 0 Å². The summed E-state index contributed by atoms with van der Waals surface area (Å²) >= 11 is 0.